The van der Waals surface area contributed by atoms with Gasteiger partial charge in [-0.3, -0.25) is 14.9 Å². The summed E-state index contributed by atoms with van der Waals surface area (Å²) in [5, 5.41) is 0. The summed E-state index contributed by atoms with van der Waals surface area (Å²) >= 11 is 0. The minimum atomic E-state index is -3.56. The van der Waals surface area contributed by atoms with Gasteiger partial charge in [0.15, 0.2) is 0 Å². The predicted octanol–water partition coefficient (Wildman–Crippen LogP) is 2.78. The van der Waals surface area contributed by atoms with E-state index in [-0.39, 0.29) is 0 Å². The molecule has 7 heteroatoms. The fourth-order valence-electron chi connectivity index (χ4n) is 4.63. The molecule has 29 heavy (non-hydrogen) atoms. The lowest BCUT2D eigenvalue weighted by Crippen LogP contribution is -2.45. The number of pyridine rings is 2. The van der Waals surface area contributed by atoms with E-state index in [1.807, 2.05) is 36.4 Å². The Bertz CT molecular complexity index is 1120. The van der Waals surface area contributed by atoms with Crippen molar-refractivity contribution in [1.82, 2.24) is 19.2 Å². The summed E-state index contributed by atoms with van der Waals surface area (Å²) in [4.78, 5) is 11.0. The second kappa shape index (κ2) is 7.02. The lowest BCUT2D eigenvalue weighted by atomic mass is 9.88. The molecule has 2 aliphatic heterocycles. The molecule has 2 aromatic heterocycles. The van der Waals surface area contributed by atoms with Crippen LogP contribution in [0.5, 0.6) is 0 Å². The molecule has 0 radical (unpaired) electrons. The van der Waals surface area contributed by atoms with Gasteiger partial charge in [-0.25, -0.2) is 8.42 Å². The Hall–Kier alpha value is -2.61. The van der Waals surface area contributed by atoms with Crippen LogP contribution in [0.4, 0.5) is 0 Å². The van der Waals surface area contributed by atoms with E-state index in [0.717, 1.165) is 30.6 Å². The normalized spacial score (nSPS) is 23.4. The zero-order valence-corrected chi connectivity index (χ0v) is 16.8. The molecule has 0 N–H and O–H groups in total. The summed E-state index contributed by atoms with van der Waals surface area (Å²) in [6.07, 6.45) is 7.82. The number of aromatic nitrogens is 2. The lowest BCUT2D eigenvalue weighted by Gasteiger charge is -2.34. The van der Waals surface area contributed by atoms with Crippen molar-refractivity contribution in [2.75, 3.05) is 13.1 Å². The van der Waals surface area contributed by atoms with Gasteiger partial charge in [0.25, 0.3) is 0 Å². The van der Waals surface area contributed by atoms with E-state index in [1.54, 1.807) is 41.2 Å². The summed E-state index contributed by atoms with van der Waals surface area (Å²) < 4.78 is 28.7. The maximum atomic E-state index is 13.5. The number of benzene rings is 1. The number of likely N-dealkylation sites (tertiary alicyclic amines) is 1. The van der Waals surface area contributed by atoms with Gasteiger partial charge in [-0.05, 0) is 47.4 Å². The molecule has 1 atom stereocenters. The first-order valence-corrected chi connectivity index (χ1v) is 11.2. The van der Waals surface area contributed by atoms with Crippen LogP contribution in [0.1, 0.15) is 23.1 Å². The molecule has 1 spiro atoms. The molecule has 6 nitrogen and oxygen atoms in total. The molecule has 148 valence electrons. The monoisotopic (exact) mass is 406 g/mol. The highest BCUT2D eigenvalue weighted by atomic mass is 32.2. The smallest absolute Gasteiger partial charge is 0.244 e. The van der Waals surface area contributed by atoms with E-state index in [2.05, 4.69) is 14.9 Å². The fraction of sp³-hybridized carbons (Fsp3) is 0.273. The van der Waals surface area contributed by atoms with Crippen LogP contribution in [0.3, 0.4) is 0 Å². The van der Waals surface area contributed by atoms with Gasteiger partial charge in [-0.2, -0.15) is 4.31 Å². The summed E-state index contributed by atoms with van der Waals surface area (Å²) in [5.74, 6) is 0. The highest BCUT2D eigenvalue weighted by Gasteiger charge is 2.56. The lowest BCUT2D eigenvalue weighted by molar-refractivity contribution is 0.184. The first-order valence-electron chi connectivity index (χ1n) is 9.72. The Balaban J connectivity index is 1.53. The van der Waals surface area contributed by atoms with Crippen LogP contribution in [0.15, 0.2) is 78.2 Å². The van der Waals surface area contributed by atoms with Crippen molar-refractivity contribution >= 4 is 10.0 Å². The van der Waals surface area contributed by atoms with E-state index in [1.165, 1.54) is 5.56 Å². The zero-order chi connectivity index (χ0) is 19.9. The van der Waals surface area contributed by atoms with Crippen LogP contribution in [-0.2, 0) is 28.7 Å². The van der Waals surface area contributed by atoms with Crippen molar-refractivity contribution in [3.63, 3.8) is 0 Å². The Kier molecular flexibility index (Phi) is 4.46. The number of sulfonamides is 1. The summed E-state index contributed by atoms with van der Waals surface area (Å²) in [5.41, 5.74) is 2.46. The minimum Gasteiger partial charge on any atom is -0.297 e. The molecule has 1 aromatic carbocycles. The molecule has 0 unspecified atom stereocenters. The number of nitrogens with zero attached hydrogens (tertiary/aromatic N) is 4. The molecule has 1 saturated heterocycles. The van der Waals surface area contributed by atoms with E-state index in [9.17, 15) is 8.42 Å². The van der Waals surface area contributed by atoms with Crippen LogP contribution in [0, 0.1) is 0 Å². The molecule has 1 fully saturated rings. The largest absolute Gasteiger partial charge is 0.297 e. The molecule has 3 aromatic rings. The summed E-state index contributed by atoms with van der Waals surface area (Å²) in [7, 11) is -3.56. The fourth-order valence-corrected chi connectivity index (χ4v) is 6.68. The molecule has 0 bridgehead atoms. The average molecular weight is 407 g/mol. The summed E-state index contributed by atoms with van der Waals surface area (Å²) in [6.45, 7) is 2.63. The molecule has 0 amide bonds. The Morgan fingerprint density at radius 1 is 0.897 bits per heavy atom. The van der Waals surface area contributed by atoms with Gasteiger partial charge in [0, 0.05) is 51.0 Å². The quantitative estimate of drug-likeness (QED) is 0.667. The van der Waals surface area contributed by atoms with Crippen LogP contribution >= 0.6 is 0 Å². The van der Waals surface area contributed by atoms with Crippen LogP contribution in [-0.4, -0.2) is 40.7 Å². The maximum Gasteiger partial charge on any atom is 0.244 e. The molecule has 0 saturated carbocycles. The highest BCUT2D eigenvalue weighted by Crippen LogP contribution is 2.50. The average Bonchev–Trinajstić information content (AvgIpc) is 3.24. The maximum absolute atomic E-state index is 13.5. The molecule has 5 rings (SSSR count). The van der Waals surface area contributed by atoms with E-state index < -0.39 is 15.6 Å². The Morgan fingerprint density at radius 3 is 2.52 bits per heavy atom. The predicted molar refractivity (Wildman–Crippen MR) is 109 cm³/mol. The minimum absolute atomic E-state index is 0.327. The van der Waals surface area contributed by atoms with Crippen LogP contribution < -0.4 is 0 Å². The molecule has 0 aliphatic carbocycles. The first kappa shape index (κ1) is 18.4. The molecular weight excluding hydrogens is 384 g/mol. The van der Waals surface area contributed by atoms with Gasteiger partial charge in [0.05, 0.1) is 10.4 Å². The number of hydrogen-bond acceptors (Lipinski definition) is 5. The van der Waals surface area contributed by atoms with Crippen molar-refractivity contribution in [3.8, 4) is 0 Å². The first-order chi connectivity index (χ1) is 14.1. The second-order valence-electron chi connectivity index (χ2n) is 7.72. The Labute approximate surface area is 170 Å². The molecule has 2 aliphatic rings. The number of fused-ring (bicyclic) bond motifs is 2. The zero-order valence-electron chi connectivity index (χ0n) is 16.0. The van der Waals surface area contributed by atoms with Crippen LogP contribution in [0.2, 0.25) is 0 Å². The van der Waals surface area contributed by atoms with E-state index >= 15 is 0 Å². The second-order valence-corrected chi connectivity index (χ2v) is 9.55. The highest BCUT2D eigenvalue weighted by molar-refractivity contribution is 7.89. The molecular formula is C22H22N4O2S. The van der Waals surface area contributed by atoms with Gasteiger partial charge < -0.3 is 0 Å². The molecule has 4 heterocycles. The van der Waals surface area contributed by atoms with Gasteiger partial charge in [-0.1, -0.05) is 24.3 Å². The van der Waals surface area contributed by atoms with Gasteiger partial charge in [-0.15, -0.1) is 0 Å². The third kappa shape index (κ3) is 3.06. The van der Waals surface area contributed by atoms with Gasteiger partial charge in [0.1, 0.15) is 0 Å². The number of hydrogen-bond donors (Lipinski definition) is 0. The van der Waals surface area contributed by atoms with Crippen molar-refractivity contribution in [2.24, 2.45) is 0 Å². The third-order valence-corrected chi connectivity index (χ3v) is 7.94. The van der Waals surface area contributed by atoms with Gasteiger partial charge in [0.2, 0.25) is 10.0 Å². The standard InChI is InChI=1S/C22H22N4O2S/c27-29(28)21-6-2-1-5-20(21)22(26(29)16-19-4-3-10-24-14-19)9-13-25(17-22)15-18-7-11-23-12-8-18/h1-8,10-12,14H,9,13,15-17H2/t22-/m0/s1. The third-order valence-electron chi connectivity index (χ3n) is 5.97. The van der Waals surface area contributed by atoms with Crippen LogP contribution in [0.25, 0.3) is 0 Å². The van der Waals surface area contributed by atoms with Crippen molar-refractivity contribution in [2.45, 2.75) is 29.9 Å². The SMILES string of the molecule is O=S1(=O)c2ccccc2[C@@]2(CCN(Cc3ccncc3)C2)N1Cc1cccnc1. The van der Waals surface area contributed by atoms with Crippen molar-refractivity contribution in [1.29, 1.82) is 0 Å². The van der Waals surface area contributed by atoms with Gasteiger partial charge >= 0.3 is 0 Å². The Morgan fingerprint density at radius 2 is 1.72 bits per heavy atom. The van der Waals surface area contributed by atoms with E-state index in [4.69, 9.17) is 0 Å². The van der Waals surface area contributed by atoms with Crippen molar-refractivity contribution < 1.29 is 8.42 Å². The number of rotatable bonds is 4. The van der Waals surface area contributed by atoms with Crippen molar-refractivity contribution in [3.05, 3.63) is 90.0 Å². The topological polar surface area (TPSA) is 66.4 Å². The van der Waals surface area contributed by atoms with E-state index in [0.29, 0.717) is 18.0 Å². The summed E-state index contributed by atoms with van der Waals surface area (Å²) in [6, 6.07) is 15.3.